The Balaban J connectivity index is 2.41. The number of hydrogen-bond acceptors (Lipinski definition) is 1. The van der Waals surface area contributed by atoms with Gasteiger partial charge < -0.3 is 5.11 Å². The Hall–Kier alpha value is -0.350. The largest absolute Gasteiger partial charge is 0.380 e. The number of halogens is 1. The van der Waals surface area contributed by atoms with Crippen LogP contribution in [-0.4, -0.2) is 5.11 Å². The minimum absolute atomic E-state index is 0.707. The van der Waals surface area contributed by atoms with Crippen LogP contribution in [0.15, 0.2) is 40.0 Å². The van der Waals surface area contributed by atoms with Gasteiger partial charge in [-0.3, -0.25) is 0 Å². The highest BCUT2D eigenvalue weighted by Gasteiger charge is 2.34. The van der Waals surface area contributed by atoms with E-state index in [0.717, 1.165) is 22.0 Å². The lowest BCUT2D eigenvalue weighted by Gasteiger charge is -2.23. The van der Waals surface area contributed by atoms with E-state index >= 15 is 0 Å². The number of allylic oxidation sites excluding steroid dienone is 1. The first-order valence-corrected chi connectivity index (χ1v) is 5.45. The molecule has 0 aromatic heterocycles. The van der Waals surface area contributed by atoms with Crippen LogP contribution in [0.2, 0.25) is 0 Å². The highest BCUT2D eigenvalue weighted by atomic mass is 127. The van der Waals surface area contributed by atoms with E-state index < -0.39 is 5.60 Å². The molecule has 1 aliphatic rings. The first-order valence-electron chi connectivity index (χ1n) is 4.37. The van der Waals surface area contributed by atoms with Crippen molar-refractivity contribution in [2.75, 3.05) is 0 Å². The summed E-state index contributed by atoms with van der Waals surface area (Å²) in [6.45, 7) is 0. The van der Waals surface area contributed by atoms with Crippen molar-refractivity contribution in [3.8, 4) is 0 Å². The van der Waals surface area contributed by atoms with Crippen molar-refractivity contribution in [2.24, 2.45) is 0 Å². The summed E-state index contributed by atoms with van der Waals surface area (Å²) in [5, 5.41) is 10.4. The Labute approximate surface area is 91.6 Å². The molecule has 0 bridgehead atoms. The first kappa shape index (κ1) is 9.21. The molecule has 1 atom stereocenters. The van der Waals surface area contributed by atoms with Gasteiger partial charge in [-0.05, 0) is 41.0 Å². The molecule has 1 aromatic rings. The Bertz CT molecular complexity index is 331. The van der Waals surface area contributed by atoms with Gasteiger partial charge in [0.2, 0.25) is 0 Å². The molecule has 0 amide bonds. The van der Waals surface area contributed by atoms with Crippen LogP contribution < -0.4 is 0 Å². The van der Waals surface area contributed by atoms with E-state index in [9.17, 15) is 5.11 Å². The minimum Gasteiger partial charge on any atom is -0.380 e. The summed E-state index contributed by atoms with van der Waals surface area (Å²) >= 11 is 2.23. The molecule has 0 aliphatic heterocycles. The maximum Gasteiger partial charge on any atom is 0.120 e. The predicted octanol–water partition coefficient (Wildman–Crippen LogP) is 2.99. The summed E-state index contributed by atoms with van der Waals surface area (Å²) in [7, 11) is 0. The molecule has 68 valence electrons. The molecule has 1 nitrogen and oxygen atoms in total. The molecule has 2 heteroatoms. The fourth-order valence-corrected chi connectivity index (χ4v) is 2.58. The van der Waals surface area contributed by atoms with Crippen LogP contribution in [0, 0.1) is 0 Å². The number of aliphatic hydroxyl groups is 1. The van der Waals surface area contributed by atoms with E-state index in [4.69, 9.17) is 0 Å². The van der Waals surface area contributed by atoms with Crippen molar-refractivity contribution < 1.29 is 5.11 Å². The van der Waals surface area contributed by atoms with Crippen LogP contribution in [0.4, 0.5) is 0 Å². The van der Waals surface area contributed by atoms with Crippen molar-refractivity contribution in [1.29, 1.82) is 0 Å². The van der Waals surface area contributed by atoms with E-state index in [1.54, 1.807) is 0 Å². The van der Waals surface area contributed by atoms with Crippen LogP contribution in [0.1, 0.15) is 18.4 Å². The standard InChI is InChI=1S/C11H11IO/c12-10-7-4-8-11(10,13)9-5-2-1-3-6-9/h1-3,5-7,13H,4,8H2. The van der Waals surface area contributed by atoms with Gasteiger partial charge in [-0.15, -0.1) is 0 Å². The summed E-state index contributed by atoms with van der Waals surface area (Å²) in [6.07, 6.45) is 3.90. The van der Waals surface area contributed by atoms with Gasteiger partial charge in [-0.2, -0.15) is 0 Å². The van der Waals surface area contributed by atoms with Crippen molar-refractivity contribution in [3.05, 3.63) is 45.6 Å². The molecule has 0 saturated heterocycles. The molecule has 0 fully saturated rings. The van der Waals surface area contributed by atoms with E-state index in [1.165, 1.54) is 0 Å². The van der Waals surface area contributed by atoms with Gasteiger partial charge in [0.15, 0.2) is 0 Å². The van der Waals surface area contributed by atoms with Gasteiger partial charge in [0.1, 0.15) is 5.60 Å². The monoisotopic (exact) mass is 286 g/mol. The van der Waals surface area contributed by atoms with Crippen LogP contribution in [0.25, 0.3) is 0 Å². The second-order valence-corrected chi connectivity index (χ2v) is 4.48. The molecule has 1 aromatic carbocycles. The molecule has 0 saturated carbocycles. The van der Waals surface area contributed by atoms with Crippen LogP contribution in [-0.2, 0) is 5.60 Å². The van der Waals surface area contributed by atoms with Crippen molar-refractivity contribution in [2.45, 2.75) is 18.4 Å². The molecule has 0 heterocycles. The SMILES string of the molecule is OC1(c2ccccc2)CCC=C1I. The smallest absolute Gasteiger partial charge is 0.120 e. The first-order chi connectivity index (χ1) is 6.23. The lowest BCUT2D eigenvalue weighted by molar-refractivity contribution is 0.0876. The molecular formula is C11H11IO. The van der Waals surface area contributed by atoms with Gasteiger partial charge in [0, 0.05) is 3.58 Å². The number of rotatable bonds is 1. The summed E-state index contributed by atoms with van der Waals surface area (Å²) < 4.78 is 1.05. The Kier molecular flexibility index (Phi) is 2.43. The topological polar surface area (TPSA) is 20.2 Å². The highest BCUT2D eigenvalue weighted by molar-refractivity contribution is 14.1. The summed E-state index contributed by atoms with van der Waals surface area (Å²) in [6, 6.07) is 9.87. The predicted molar refractivity (Wildman–Crippen MR) is 61.7 cm³/mol. The van der Waals surface area contributed by atoms with E-state index in [-0.39, 0.29) is 0 Å². The number of hydrogen-bond donors (Lipinski definition) is 1. The van der Waals surface area contributed by atoms with Crippen molar-refractivity contribution in [3.63, 3.8) is 0 Å². The Morgan fingerprint density at radius 3 is 2.46 bits per heavy atom. The average Bonchev–Trinajstić information content (AvgIpc) is 2.50. The van der Waals surface area contributed by atoms with Crippen LogP contribution in [0.3, 0.4) is 0 Å². The van der Waals surface area contributed by atoms with Crippen molar-refractivity contribution >= 4 is 22.6 Å². The molecule has 1 N–H and O–H groups in total. The van der Waals surface area contributed by atoms with Gasteiger partial charge >= 0.3 is 0 Å². The summed E-state index contributed by atoms with van der Waals surface area (Å²) in [5.41, 5.74) is 0.301. The molecule has 0 radical (unpaired) electrons. The normalized spacial score (nSPS) is 27.4. The maximum absolute atomic E-state index is 10.4. The zero-order valence-corrected chi connectivity index (χ0v) is 9.36. The fourth-order valence-electron chi connectivity index (χ4n) is 1.69. The van der Waals surface area contributed by atoms with Crippen LogP contribution >= 0.6 is 22.6 Å². The fraction of sp³-hybridized carbons (Fsp3) is 0.273. The minimum atomic E-state index is -0.707. The molecule has 1 unspecified atom stereocenters. The van der Waals surface area contributed by atoms with Crippen LogP contribution in [0.5, 0.6) is 0 Å². The van der Waals surface area contributed by atoms with E-state index in [1.807, 2.05) is 30.3 Å². The second kappa shape index (κ2) is 3.42. The molecule has 13 heavy (non-hydrogen) atoms. The lowest BCUT2D eigenvalue weighted by atomic mass is 9.94. The Morgan fingerprint density at radius 2 is 1.92 bits per heavy atom. The van der Waals surface area contributed by atoms with Gasteiger partial charge in [0.05, 0.1) is 0 Å². The molecule has 0 spiro atoms. The Morgan fingerprint density at radius 1 is 1.23 bits per heavy atom. The third-order valence-corrected chi connectivity index (χ3v) is 3.81. The summed E-state index contributed by atoms with van der Waals surface area (Å²) in [5.74, 6) is 0. The maximum atomic E-state index is 10.4. The van der Waals surface area contributed by atoms with Gasteiger partial charge in [-0.25, -0.2) is 0 Å². The number of benzene rings is 1. The van der Waals surface area contributed by atoms with Gasteiger partial charge in [0.25, 0.3) is 0 Å². The van der Waals surface area contributed by atoms with E-state index in [2.05, 4.69) is 28.7 Å². The average molecular weight is 286 g/mol. The molecular weight excluding hydrogens is 275 g/mol. The summed E-state index contributed by atoms with van der Waals surface area (Å²) in [4.78, 5) is 0. The molecule has 2 rings (SSSR count). The van der Waals surface area contributed by atoms with Gasteiger partial charge in [-0.1, -0.05) is 36.4 Å². The zero-order valence-electron chi connectivity index (χ0n) is 7.20. The highest BCUT2D eigenvalue weighted by Crippen LogP contribution is 2.42. The van der Waals surface area contributed by atoms with Crippen molar-refractivity contribution in [1.82, 2.24) is 0 Å². The lowest BCUT2D eigenvalue weighted by Crippen LogP contribution is -2.22. The second-order valence-electron chi connectivity index (χ2n) is 3.32. The zero-order chi connectivity index (χ0) is 9.31. The third-order valence-electron chi connectivity index (χ3n) is 2.48. The quantitative estimate of drug-likeness (QED) is 0.787. The third kappa shape index (κ3) is 1.53. The van der Waals surface area contributed by atoms with E-state index in [0.29, 0.717) is 0 Å². The molecule has 1 aliphatic carbocycles.